The second kappa shape index (κ2) is 4.76. The zero-order valence-corrected chi connectivity index (χ0v) is 10.4. The molecule has 0 aromatic carbocycles. The lowest BCUT2D eigenvalue weighted by atomic mass is 9.99. The molecule has 1 unspecified atom stereocenters. The van der Waals surface area contributed by atoms with Crippen LogP contribution in [0.5, 0.6) is 0 Å². The first-order valence-electron chi connectivity index (χ1n) is 5.46. The van der Waals surface area contributed by atoms with Crippen molar-refractivity contribution in [2.45, 2.75) is 26.3 Å². The molecule has 84 valence electrons. The Morgan fingerprint density at radius 2 is 2.25 bits per heavy atom. The maximum absolute atomic E-state index is 6.32. The fourth-order valence-corrected chi connectivity index (χ4v) is 2.83. The third kappa shape index (κ3) is 2.01. The fraction of sp³-hybridized carbons (Fsp3) is 0.308. The average molecular weight is 232 g/mol. The smallest absolute Gasteiger partial charge is 0.0652 e. The number of nitrogens with zero attached hydrogens (tertiary/aromatic N) is 1. The Morgan fingerprint density at radius 3 is 2.88 bits per heavy atom. The minimum atomic E-state index is -0.0158. The molecule has 0 spiro atoms. The lowest BCUT2D eigenvalue weighted by molar-refractivity contribution is 0.855. The first kappa shape index (κ1) is 11.3. The normalized spacial score (nSPS) is 12.7. The van der Waals surface area contributed by atoms with Crippen molar-refractivity contribution >= 4 is 11.3 Å². The Labute approximate surface area is 100 Å². The predicted octanol–water partition coefficient (Wildman–Crippen LogP) is 3.06. The first-order chi connectivity index (χ1) is 7.74. The Morgan fingerprint density at radius 1 is 1.44 bits per heavy atom. The van der Waals surface area contributed by atoms with Gasteiger partial charge in [0.05, 0.1) is 6.04 Å². The fourth-order valence-electron chi connectivity index (χ4n) is 1.88. The second-order valence-electron chi connectivity index (χ2n) is 3.87. The van der Waals surface area contributed by atoms with Gasteiger partial charge < -0.3 is 5.73 Å². The highest BCUT2D eigenvalue weighted by Crippen LogP contribution is 2.29. The Bertz CT molecular complexity index is 476. The maximum atomic E-state index is 6.32. The molecule has 0 amide bonds. The zero-order chi connectivity index (χ0) is 11.5. The largest absolute Gasteiger partial charge is 0.320 e. The summed E-state index contributed by atoms with van der Waals surface area (Å²) in [5.41, 5.74) is 10.0. The van der Waals surface area contributed by atoms with Crippen LogP contribution in [0.4, 0.5) is 0 Å². The highest BCUT2D eigenvalue weighted by molar-refractivity contribution is 7.10. The molecule has 0 radical (unpaired) electrons. The molecule has 0 aliphatic rings. The minimum Gasteiger partial charge on any atom is -0.320 e. The van der Waals surface area contributed by atoms with Gasteiger partial charge in [-0.2, -0.15) is 0 Å². The Balaban J connectivity index is 2.41. The second-order valence-corrected chi connectivity index (χ2v) is 4.82. The van der Waals surface area contributed by atoms with E-state index in [1.54, 1.807) is 11.3 Å². The maximum Gasteiger partial charge on any atom is 0.0652 e. The van der Waals surface area contributed by atoms with Gasteiger partial charge in [0, 0.05) is 17.3 Å². The first-order valence-corrected chi connectivity index (χ1v) is 6.34. The average Bonchev–Trinajstić information content (AvgIpc) is 2.74. The van der Waals surface area contributed by atoms with Gasteiger partial charge in [0.2, 0.25) is 0 Å². The van der Waals surface area contributed by atoms with E-state index in [-0.39, 0.29) is 6.04 Å². The summed E-state index contributed by atoms with van der Waals surface area (Å²) < 4.78 is 0. The van der Waals surface area contributed by atoms with E-state index in [1.807, 2.05) is 18.5 Å². The molecule has 2 aromatic rings. The SMILES string of the molecule is CCc1cnccc1C(N)c1sccc1C. The number of thiophene rings is 1. The van der Waals surface area contributed by atoms with Gasteiger partial charge in [0.25, 0.3) is 0 Å². The summed E-state index contributed by atoms with van der Waals surface area (Å²) in [4.78, 5) is 5.40. The van der Waals surface area contributed by atoms with E-state index in [9.17, 15) is 0 Å². The van der Waals surface area contributed by atoms with E-state index in [1.165, 1.54) is 21.6 Å². The summed E-state index contributed by atoms with van der Waals surface area (Å²) in [7, 11) is 0. The summed E-state index contributed by atoms with van der Waals surface area (Å²) in [5.74, 6) is 0. The summed E-state index contributed by atoms with van der Waals surface area (Å²) in [6.45, 7) is 4.24. The minimum absolute atomic E-state index is 0.0158. The van der Waals surface area contributed by atoms with Gasteiger partial charge in [-0.05, 0) is 47.5 Å². The highest BCUT2D eigenvalue weighted by Gasteiger charge is 2.15. The van der Waals surface area contributed by atoms with E-state index in [4.69, 9.17) is 5.73 Å². The number of aryl methyl sites for hydroxylation is 2. The van der Waals surface area contributed by atoms with E-state index in [0.717, 1.165) is 6.42 Å². The highest BCUT2D eigenvalue weighted by atomic mass is 32.1. The third-order valence-corrected chi connectivity index (χ3v) is 3.94. The number of nitrogens with two attached hydrogens (primary N) is 1. The van der Waals surface area contributed by atoms with Crippen molar-refractivity contribution in [3.05, 3.63) is 51.5 Å². The van der Waals surface area contributed by atoms with Crippen LogP contribution in [0.1, 0.15) is 34.5 Å². The van der Waals surface area contributed by atoms with Crippen molar-refractivity contribution in [1.29, 1.82) is 0 Å². The van der Waals surface area contributed by atoms with Crippen molar-refractivity contribution in [2.75, 3.05) is 0 Å². The molecule has 0 saturated heterocycles. The molecule has 0 aliphatic carbocycles. The molecule has 2 rings (SSSR count). The van der Waals surface area contributed by atoms with E-state index < -0.39 is 0 Å². The molecule has 0 aliphatic heterocycles. The van der Waals surface area contributed by atoms with Crippen molar-refractivity contribution in [2.24, 2.45) is 5.73 Å². The molecular formula is C13H16N2S. The van der Waals surface area contributed by atoms with E-state index >= 15 is 0 Å². The molecule has 2 aromatic heterocycles. The van der Waals surface area contributed by atoms with Crippen molar-refractivity contribution in [3.63, 3.8) is 0 Å². The van der Waals surface area contributed by atoms with Crippen LogP contribution in [-0.4, -0.2) is 4.98 Å². The summed E-state index contributed by atoms with van der Waals surface area (Å²) in [5, 5.41) is 2.09. The summed E-state index contributed by atoms with van der Waals surface area (Å²) in [6, 6.07) is 4.13. The molecule has 3 heteroatoms. The van der Waals surface area contributed by atoms with Crippen LogP contribution in [0.15, 0.2) is 29.9 Å². The molecule has 2 nitrogen and oxygen atoms in total. The van der Waals surface area contributed by atoms with Crippen LogP contribution in [0, 0.1) is 6.92 Å². The molecule has 2 N–H and O–H groups in total. The van der Waals surface area contributed by atoms with Gasteiger partial charge >= 0.3 is 0 Å². The van der Waals surface area contributed by atoms with Crippen molar-refractivity contribution in [3.8, 4) is 0 Å². The summed E-state index contributed by atoms with van der Waals surface area (Å²) >= 11 is 1.73. The molecule has 0 saturated carbocycles. The Hall–Kier alpha value is -1.19. The molecular weight excluding hydrogens is 216 g/mol. The molecule has 1 atom stereocenters. The van der Waals surface area contributed by atoms with Gasteiger partial charge in [-0.3, -0.25) is 4.98 Å². The van der Waals surface area contributed by atoms with Crippen molar-refractivity contribution in [1.82, 2.24) is 4.98 Å². The van der Waals surface area contributed by atoms with Gasteiger partial charge in [0.1, 0.15) is 0 Å². The lowest BCUT2D eigenvalue weighted by Crippen LogP contribution is -2.13. The predicted molar refractivity (Wildman–Crippen MR) is 68.7 cm³/mol. The quantitative estimate of drug-likeness (QED) is 0.883. The van der Waals surface area contributed by atoms with Gasteiger partial charge in [-0.15, -0.1) is 11.3 Å². The number of pyridine rings is 1. The number of rotatable bonds is 3. The van der Waals surface area contributed by atoms with Crippen molar-refractivity contribution < 1.29 is 0 Å². The topological polar surface area (TPSA) is 38.9 Å². The zero-order valence-electron chi connectivity index (χ0n) is 9.60. The van der Waals surface area contributed by atoms with Gasteiger partial charge in [-0.1, -0.05) is 6.92 Å². The lowest BCUT2D eigenvalue weighted by Gasteiger charge is -2.15. The molecule has 0 fully saturated rings. The third-order valence-electron chi connectivity index (χ3n) is 2.84. The van der Waals surface area contributed by atoms with Crippen LogP contribution in [-0.2, 0) is 6.42 Å². The van der Waals surface area contributed by atoms with Gasteiger partial charge in [-0.25, -0.2) is 0 Å². The summed E-state index contributed by atoms with van der Waals surface area (Å²) in [6.07, 6.45) is 4.71. The molecule has 0 bridgehead atoms. The Kier molecular flexibility index (Phi) is 3.36. The van der Waals surface area contributed by atoms with Crippen LogP contribution < -0.4 is 5.73 Å². The van der Waals surface area contributed by atoms with E-state index in [0.29, 0.717) is 0 Å². The number of aromatic nitrogens is 1. The van der Waals surface area contributed by atoms with Crippen LogP contribution in [0.2, 0.25) is 0 Å². The number of hydrogen-bond acceptors (Lipinski definition) is 3. The molecule has 16 heavy (non-hydrogen) atoms. The van der Waals surface area contributed by atoms with Crippen LogP contribution >= 0.6 is 11.3 Å². The van der Waals surface area contributed by atoms with Gasteiger partial charge in [0.15, 0.2) is 0 Å². The monoisotopic (exact) mass is 232 g/mol. The molecule has 2 heterocycles. The van der Waals surface area contributed by atoms with E-state index in [2.05, 4.69) is 30.3 Å². The van der Waals surface area contributed by atoms with Crippen LogP contribution in [0.3, 0.4) is 0 Å². The standard InChI is InChI=1S/C13H16N2S/c1-3-10-8-15-6-4-11(10)12(14)13-9(2)5-7-16-13/h4-8,12H,3,14H2,1-2H3. The van der Waals surface area contributed by atoms with Crippen LogP contribution in [0.25, 0.3) is 0 Å². The number of hydrogen-bond donors (Lipinski definition) is 1.